The molecule has 1 heterocycles. The van der Waals surface area contributed by atoms with Gasteiger partial charge in [0, 0.05) is 12.1 Å². The van der Waals surface area contributed by atoms with Crippen molar-refractivity contribution >= 4 is 6.09 Å². The van der Waals surface area contributed by atoms with Crippen molar-refractivity contribution in [3.8, 4) is 5.75 Å². The Bertz CT molecular complexity index is 789. The summed E-state index contributed by atoms with van der Waals surface area (Å²) in [6.45, 7) is 0.297. The number of hydrogen-bond donors (Lipinski definition) is 3. The Morgan fingerprint density at radius 2 is 1.93 bits per heavy atom. The van der Waals surface area contributed by atoms with Crippen LogP contribution in [0.1, 0.15) is 36.9 Å². The highest BCUT2D eigenvalue weighted by Crippen LogP contribution is 2.39. The van der Waals surface area contributed by atoms with Crippen LogP contribution in [-0.4, -0.2) is 37.8 Å². The molecule has 3 rings (SSSR count). The number of carboxylic acid groups (broad SMARTS) is 1. The van der Waals surface area contributed by atoms with Gasteiger partial charge >= 0.3 is 6.09 Å². The van der Waals surface area contributed by atoms with Crippen molar-refractivity contribution in [1.82, 2.24) is 9.88 Å². The summed E-state index contributed by atoms with van der Waals surface area (Å²) in [6, 6.07) is 9.26. The second kappa shape index (κ2) is 7.92. The number of halogens is 1. The third-order valence-corrected chi connectivity index (χ3v) is 5.23. The molecule has 0 spiro atoms. The molecule has 7 heteroatoms. The minimum absolute atomic E-state index is 0.00227. The summed E-state index contributed by atoms with van der Waals surface area (Å²) >= 11 is 0. The van der Waals surface area contributed by atoms with E-state index in [0.717, 1.165) is 0 Å². The van der Waals surface area contributed by atoms with Crippen LogP contribution < -0.4 is 0 Å². The zero-order chi connectivity index (χ0) is 19.4. The molecule has 0 atom stereocenters. The van der Waals surface area contributed by atoms with E-state index in [-0.39, 0.29) is 18.2 Å². The Labute approximate surface area is 156 Å². The average Bonchev–Trinajstić information content (AvgIpc) is 2.65. The summed E-state index contributed by atoms with van der Waals surface area (Å²) in [7, 11) is 0. The number of benzene rings is 1. The van der Waals surface area contributed by atoms with Crippen molar-refractivity contribution in [3.63, 3.8) is 0 Å². The van der Waals surface area contributed by atoms with Crippen LogP contribution in [0.15, 0.2) is 42.6 Å². The van der Waals surface area contributed by atoms with E-state index in [9.17, 15) is 24.5 Å². The highest BCUT2D eigenvalue weighted by Gasteiger charge is 2.36. The molecule has 1 aliphatic carbocycles. The van der Waals surface area contributed by atoms with Gasteiger partial charge in [-0.2, -0.15) is 0 Å². The van der Waals surface area contributed by atoms with Crippen LogP contribution in [0.2, 0.25) is 0 Å². The Hall–Kier alpha value is -2.67. The first-order chi connectivity index (χ1) is 12.9. The van der Waals surface area contributed by atoms with Gasteiger partial charge in [-0.05, 0) is 49.8 Å². The fourth-order valence-corrected chi connectivity index (χ4v) is 3.61. The van der Waals surface area contributed by atoms with Crippen molar-refractivity contribution in [1.29, 1.82) is 0 Å². The average molecular weight is 374 g/mol. The van der Waals surface area contributed by atoms with Crippen LogP contribution in [0.25, 0.3) is 0 Å². The predicted molar refractivity (Wildman–Crippen MR) is 96.6 cm³/mol. The molecule has 144 valence electrons. The lowest BCUT2D eigenvalue weighted by molar-refractivity contribution is -0.0216. The van der Waals surface area contributed by atoms with Gasteiger partial charge in [0.25, 0.3) is 0 Å². The molecule has 3 N–H and O–H groups in total. The van der Waals surface area contributed by atoms with E-state index in [2.05, 4.69) is 4.98 Å². The molecule has 1 amide bonds. The molecule has 0 saturated heterocycles. The molecule has 1 saturated carbocycles. The van der Waals surface area contributed by atoms with Crippen molar-refractivity contribution in [2.75, 3.05) is 6.54 Å². The van der Waals surface area contributed by atoms with Crippen LogP contribution in [0.3, 0.4) is 0 Å². The van der Waals surface area contributed by atoms with E-state index < -0.39 is 17.5 Å². The second-order valence-electron chi connectivity index (χ2n) is 7.13. The maximum absolute atomic E-state index is 13.8. The van der Waals surface area contributed by atoms with Crippen LogP contribution in [-0.2, 0) is 12.1 Å². The molecule has 1 fully saturated rings. The second-order valence-corrected chi connectivity index (χ2v) is 7.13. The minimum Gasteiger partial charge on any atom is -0.506 e. The quantitative estimate of drug-likeness (QED) is 0.745. The number of carbonyl (C=O) groups is 1. The molecule has 0 radical (unpaired) electrons. The first kappa shape index (κ1) is 19.1. The van der Waals surface area contributed by atoms with Crippen LogP contribution in [0, 0.1) is 11.7 Å². The van der Waals surface area contributed by atoms with Gasteiger partial charge in [0.15, 0.2) is 0 Å². The Morgan fingerprint density at radius 1 is 1.22 bits per heavy atom. The van der Waals surface area contributed by atoms with Crippen LogP contribution in [0.4, 0.5) is 9.18 Å². The molecule has 1 aromatic carbocycles. The van der Waals surface area contributed by atoms with E-state index >= 15 is 0 Å². The molecule has 6 nitrogen and oxygen atoms in total. The van der Waals surface area contributed by atoms with Gasteiger partial charge in [0.2, 0.25) is 0 Å². The van der Waals surface area contributed by atoms with Crippen molar-refractivity contribution in [3.05, 3.63) is 59.7 Å². The fourth-order valence-electron chi connectivity index (χ4n) is 3.61. The smallest absolute Gasteiger partial charge is 0.407 e. The molecule has 0 aliphatic heterocycles. The van der Waals surface area contributed by atoms with E-state index in [4.69, 9.17) is 0 Å². The van der Waals surface area contributed by atoms with Crippen LogP contribution >= 0.6 is 0 Å². The van der Waals surface area contributed by atoms with E-state index in [0.29, 0.717) is 43.5 Å². The summed E-state index contributed by atoms with van der Waals surface area (Å²) in [5.41, 5.74) is -0.204. The Kier molecular flexibility index (Phi) is 5.60. The van der Waals surface area contributed by atoms with Gasteiger partial charge in [0.1, 0.15) is 17.2 Å². The normalized spacial score (nSPS) is 22.4. The lowest BCUT2D eigenvalue weighted by Crippen LogP contribution is -2.38. The highest BCUT2D eigenvalue weighted by atomic mass is 19.1. The molecule has 0 bridgehead atoms. The Balaban J connectivity index is 1.62. The Morgan fingerprint density at radius 3 is 2.52 bits per heavy atom. The number of aliphatic hydroxyl groups is 1. The van der Waals surface area contributed by atoms with Crippen LogP contribution in [0.5, 0.6) is 5.75 Å². The third-order valence-electron chi connectivity index (χ3n) is 5.23. The fraction of sp³-hybridized carbons (Fsp3) is 0.400. The monoisotopic (exact) mass is 374 g/mol. The maximum atomic E-state index is 13.8. The summed E-state index contributed by atoms with van der Waals surface area (Å²) in [5, 5.41) is 29.7. The van der Waals surface area contributed by atoms with Gasteiger partial charge < -0.3 is 20.2 Å². The lowest BCUT2D eigenvalue weighted by atomic mass is 9.76. The van der Waals surface area contributed by atoms with Gasteiger partial charge in [-0.15, -0.1) is 0 Å². The zero-order valence-electron chi connectivity index (χ0n) is 14.9. The predicted octanol–water partition coefficient (Wildman–Crippen LogP) is 3.48. The highest BCUT2D eigenvalue weighted by molar-refractivity contribution is 5.65. The van der Waals surface area contributed by atoms with Gasteiger partial charge in [-0.3, -0.25) is 4.98 Å². The minimum atomic E-state index is -1.08. The number of aromatic hydroxyl groups is 1. The summed E-state index contributed by atoms with van der Waals surface area (Å²) in [4.78, 5) is 16.9. The lowest BCUT2D eigenvalue weighted by Gasteiger charge is -2.37. The molecule has 27 heavy (non-hydrogen) atoms. The van der Waals surface area contributed by atoms with E-state index in [1.54, 1.807) is 24.3 Å². The maximum Gasteiger partial charge on any atom is 0.407 e. The molecule has 2 aromatic rings. The molecular formula is C20H23FN2O4. The third kappa shape index (κ3) is 4.54. The molecular weight excluding hydrogens is 351 g/mol. The number of pyridine rings is 1. The summed E-state index contributed by atoms with van der Waals surface area (Å²) in [5.74, 6) is -0.285. The number of rotatable bonds is 5. The van der Waals surface area contributed by atoms with Gasteiger partial charge in [-0.1, -0.05) is 18.2 Å². The molecule has 1 aliphatic rings. The largest absolute Gasteiger partial charge is 0.506 e. The number of aromatic nitrogens is 1. The van der Waals surface area contributed by atoms with Crippen molar-refractivity contribution in [2.24, 2.45) is 5.92 Å². The van der Waals surface area contributed by atoms with Gasteiger partial charge in [-0.25, -0.2) is 9.18 Å². The van der Waals surface area contributed by atoms with Crippen molar-refractivity contribution < 1.29 is 24.5 Å². The molecule has 1 aromatic heterocycles. The zero-order valence-corrected chi connectivity index (χ0v) is 14.9. The SMILES string of the molecule is O=C(O)N(Cc1ccccc1F)C[C@H]1CC[C@@](O)(c2ccc(O)cn2)CC1. The topological polar surface area (TPSA) is 93.9 Å². The number of hydrogen-bond acceptors (Lipinski definition) is 4. The van der Waals surface area contributed by atoms with Crippen molar-refractivity contribution in [2.45, 2.75) is 37.8 Å². The standard InChI is InChI=1S/C20H23FN2O4/c21-17-4-2-1-3-15(17)13-23(19(25)26)12-14-7-9-20(27,10-8-14)18-6-5-16(24)11-22-18/h1-6,11,14,24,27H,7-10,12-13H2,(H,25,26)/t14-,20-. The van der Waals surface area contributed by atoms with E-state index in [1.807, 2.05) is 0 Å². The first-order valence-corrected chi connectivity index (χ1v) is 8.96. The number of amides is 1. The summed E-state index contributed by atoms with van der Waals surface area (Å²) in [6.07, 6.45) is 2.42. The van der Waals surface area contributed by atoms with E-state index in [1.165, 1.54) is 23.2 Å². The molecule has 0 unspecified atom stereocenters. The number of nitrogens with zero attached hydrogens (tertiary/aromatic N) is 2. The summed E-state index contributed by atoms with van der Waals surface area (Å²) < 4.78 is 13.8. The van der Waals surface area contributed by atoms with Gasteiger partial charge in [0.05, 0.1) is 18.4 Å². The first-order valence-electron chi connectivity index (χ1n) is 8.96.